The highest BCUT2D eigenvalue weighted by Gasteiger charge is 2.32. The molecule has 0 aliphatic carbocycles. The first-order chi connectivity index (χ1) is 7.43. The standard InChI is InChI=1S/C11H14NO2P/c1-4-8-12(9-5-1)15-13-10-6-2-3-7-11(10)14-15/h2-3,6-7H,1,4-5,8-9H2. The number of fused-ring (bicyclic) bond motifs is 1. The van der Waals surface area contributed by atoms with Gasteiger partial charge >= 0.3 is 8.53 Å². The predicted octanol–water partition coefficient (Wildman–Crippen LogP) is 3.17. The maximum atomic E-state index is 5.81. The minimum Gasteiger partial charge on any atom is -0.423 e. The molecule has 0 bridgehead atoms. The summed E-state index contributed by atoms with van der Waals surface area (Å²) in [5, 5.41) is 0. The summed E-state index contributed by atoms with van der Waals surface area (Å²) in [5.41, 5.74) is 0. The first-order valence-electron chi connectivity index (χ1n) is 5.43. The zero-order chi connectivity index (χ0) is 10.1. The summed E-state index contributed by atoms with van der Waals surface area (Å²) >= 11 is 0. The molecule has 4 heteroatoms. The highest BCUT2D eigenvalue weighted by atomic mass is 31.2. The van der Waals surface area contributed by atoms with Gasteiger partial charge in [0.25, 0.3) is 0 Å². The van der Waals surface area contributed by atoms with Gasteiger partial charge in [-0.1, -0.05) is 18.6 Å². The van der Waals surface area contributed by atoms with Gasteiger partial charge in [0.2, 0.25) is 0 Å². The average molecular weight is 223 g/mol. The maximum Gasteiger partial charge on any atom is 0.384 e. The topological polar surface area (TPSA) is 21.7 Å². The molecule has 0 N–H and O–H groups in total. The fourth-order valence-corrected chi connectivity index (χ4v) is 3.46. The van der Waals surface area contributed by atoms with Crippen molar-refractivity contribution in [2.75, 3.05) is 13.1 Å². The van der Waals surface area contributed by atoms with Crippen molar-refractivity contribution in [1.82, 2.24) is 4.67 Å². The van der Waals surface area contributed by atoms with E-state index in [1.54, 1.807) is 0 Å². The first kappa shape index (κ1) is 9.44. The van der Waals surface area contributed by atoms with E-state index in [2.05, 4.69) is 4.67 Å². The number of benzene rings is 1. The van der Waals surface area contributed by atoms with Crippen LogP contribution in [0.4, 0.5) is 0 Å². The number of para-hydroxylation sites is 2. The van der Waals surface area contributed by atoms with Crippen LogP contribution in [0.15, 0.2) is 24.3 Å². The van der Waals surface area contributed by atoms with E-state index < -0.39 is 8.53 Å². The monoisotopic (exact) mass is 223 g/mol. The van der Waals surface area contributed by atoms with Gasteiger partial charge in [-0.2, -0.15) is 0 Å². The van der Waals surface area contributed by atoms with E-state index in [9.17, 15) is 0 Å². The summed E-state index contributed by atoms with van der Waals surface area (Å²) in [5.74, 6) is 1.79. The largest absolute Gasteiger partial charge is 0.423 e. The van der Waals surface area contributed by atoms with Crippen molar-refractivity contribution >= 4 is 8.53 Å². The van der Waals surface area contributed by atoms with E-state index in [-0.39, 0.29) is 0 Å². The Balaban J connectivity index is 1.72. The van der Waals surface area contributed by atoms with Crippen LogP contribution in [-0.4, -0.2) is 17.8 Å². The van der Waals surface area contributed by atoms with Crippen LogP contribution in [0, 0.1) is 0 Å². The lowest BCUT2D eigenvalue weighted by atomic mass is 10.2. The molecular formula is C11H14NO2P. The third-order valence-corrected chi connectivity index (χ3v) is 4.33. The molecule has 0 amide bonds. The lowest BCUT2D eigenvalue weighted by molar-refractivity contribution is 0.323. The summed E-state index contributed by atoms with van der Waals surface area (Å²) < 4.78 is 14.0. The Morgan fingerprint density at radius 2 is 1.53 bits per heavy atom. The molecule has 80 valence electrons. The van der Waals surface area contributed by atoms with Gasteiger partial charge in [0.15, 0.2) is 11.5 Å². The maximum absolute atomic E-state index is 5.81. The van der Waals surface area contributed by atoms with Gasteiger partial charge in [-0.05, 0) is 25.0 Å². The van der Waals surface area contributed by atoms with Crippen LogP contribution in [-0.2, 0) is 0 Å². The highest BCUT2D eigenvalue weighted by Crippen LogP contribution is 2.54. The Morgan fingerprint density at radius 3 is 2.13 bits per heavy atom. The van der Waals surface area contributed by atoms with Gasteiger partial charge in [-0.25, -0.2) is 4.67 Å². The van der Waals surface area contributed by atoms with E-state index in [4.69, 9.17) is 9.05 Å². The van der Waals surface area contributed by atoms with Crippen molar-refractivity contribution in [1.29, 1.82) is 0 Å². The minimum absolute atomic E-state index is 0.857. The Kier molecular flexibility index (Phi) is 2.51. The molecule has 0 saturated carbocycles. The number of hydrogen-bond acceptors (Lipinski definition) is 3. The number of nitrogens with zero attached hydrogens (tertiary/aromatic N) is 1. The molecular weight excluding hydrogens is 209 g/mol. The fraction of sp³-hybridized carbons (Fsp3) is 0.455. The third kappa shape index (κ3) is 1.82. The van der Waals surface area contributed by atoms with E-state index in [0.29, 0.717) is 0 Å². The molecule has 3 rings (SSSR count). The van der Waals surface area contributed by atoms with Crippen LogP contribution in [0.5, 0.6) is 11.5 Å². The molecule has 2 heterocycles. The molecule has 1 saturated heterocycles. The average Bonchev–Trinajstić information content (AvgIpc) is 2.74. The van der Waals surface area contributed by atoms with Crippen molar-refractivity contribution in [2.45, 2.75) is 19.3 Å². The zero-order valence-corrected chi connectivity index (χ0v) is 9.45. The Hall–Kier alpha value is -0.790. The molecule has 0 atom stereocenters. The SMILES string of the molecule is c1ccc2c(c1)OP(N1CCCCC1)O2. The summed E-state index contributed by atoms with van der Waals surface area (Å²) in [6.07, 6.45) is 3.87. The van der Waals surface area contributed by atoms with Crippen LogP contribution < -0.4 is 9.05 Å². The van der Waals surface area contributed by atoms with Crippen LogP contribution in [0.2, 0.25) is 0 Å². The van der Waals surface area contributed by atoms with Gasteiger partial charge in [-0.15, -0.1) is 0 Å². The van der Waals surface area contributed by atoms with Crippen LogP contribution in [0.25, 0.3) is 0 Å². The van der Waals surface area contributed by atoms with Crippen molar-refractivity contribution in [3.8, 4) is 11.5 Å². The smallest absolute Gasteiger partial charge is 0.384 e. The molecule has 1 aromatic carbocycles. The lowest BCUT2D eigenvalue weighted by Gasteiger charge is -2.27. The summed E-state index contributed by atoms with van der Waals surface area (Å²) in [4.78, 5) is 0. The second-order valence-corrected chi connectivity index (χ2v) is 5.29. The quantitative estimate of drug-likeness (QED) is 0.682. The minimum atomic E-state index is -0.857. The van der Waals surface area contributed by atoms with E-state index in [1.165, 1.54) is 19.3 Å². The second-order valence-electron chi connectivity index (χ2n) is 3.88. The summed E-state index contributed by atoms with van der Waals surface area (Å²) in [6.45, 7) is 2.22. The second kappa shape index (κ2) is 3.99. The summed E-state index contributed by atoms with van der Waals surface area (Å²) in [7, 11) is -0.857. The molecule has 3 nitrogen and oxygen atoms in total. The molecule has 0 radical (unpaired) electrons. The van der Waals surface area contributed by atoms with Crippen molar-refractivity contribution in [3.63, 3.8) is 0 Å². The van der Waals surface area contributed by atoms with Crippen molar-refractivity contribution in [2.24, 2.45) is 0 Å². The van der Waals surface area contributed by atoms with Gasteiger partial charge in [-0.3, -0.25) is 0 Å². The summed E-state index contributed by atoms with van der Waals surface area (Å²) in [6, 6.07) is 7.91. The highest BCUT2D eigenvalue weighted by molar-refractivity contribution is 7.45. The van der Waals surface area contributed by atoms with Gasteiger partial charge in [0.1, 0.15) is 0 Å². The number of piperidine rings is 1. The molecule has 2 aliphatic rings. The van der Waals surface area contributed by atoms with Gasteiger partial charge < -0.3 is 9.05 Å². The molecule has 0 spiro atoms. The van der Waals surface area contributed by atoms with E-state index in [0.717, 1.165) is 24.6 Å². The Morgan fingerprint density at radius 1 is 0.933 bits per heavy atom. The Bertz CT molecular complexity index is 327. The van der Waals surface area contributed by atoms with Crippen molar-refractivity contribution < 1.29 is 9.05 Å². The zero-order valence-electron chi connectivity index (χ0n) is 8.56. The molecule has 0 aromatic heterocycles. The fourth-order valence-electron chi connectivity index (χ4n) is 1.94. The normalized spacial score (nSPS) is 21.9. The predicted molar refractivity (Wildman–Crippen MR) is 60.0 cm³/mol. The lowest BCUT2D eigenvalue weighted by Crippen LogP contribution is -2.26. The third-order valence-electron chi connectivity index (χ3n) is 2.77. The van der Waals surface area contributed by atoms with E-state index in [1.807, 2.05) is 24.3 Å². The molecule has 1 fully saturated rings. The molecule has 2 aliphatic heterocycles. The van der Waals surface area contributed by atoms with E-state index >= 15 is 0 Å². The number of rotatable bonds is 1. The molecule has 15 heavy (non-hydrogen) atoms. The van der Waals surface area contributed by atoms with Gasteiger partial charge in [0, 0.05) is 13.1 Å². The first-order valence-corrected chi connectivity index (χ1v) is 6.56. The molecule has 1 aromatic rings. The van der Waals surface area contributed by atoms with Crippen LogP contribution in [0.3, 0.4) is 0 Å². The van der Waals surface area contributed by atoms with Crippen molar-refractivity contribution in [3.05, 3.63) is 24.3 Å². The van der Waals surface area contributed by atoms with Gasteiger partial charge in [0.05, 0.1) is 0 Å². The number of hydrogen-bond donors (Lipinski definition) is 0. The van der Waals surface area contributed by atoms with Crippen LogP contribution in [0.1, 0.15) is 19.3 Å². The van der Waals surface area contributed by atoms with Crippen LogP contribution >= 0.6 is 8.53 Å². The Labute approximate surface area is 91.0 Å². The molecule has 0 unspecified atom stereocenters.